The van der Waals surface area contributed by atoms with E-state index in [0.29, 0.717) is 12.5 Å². The first-order valence-corrected chi connectivity index (χ1v) is 5.40. The summed E-state index contributed by atoms with van der Waals surface area (Å²) in [7, 11) is 0. The third-order valence-electron chi connectivity index (χ3n) is 2.48. The highest BCUT2D eigenvalue weighted by atomic mass is 16.3. The number of hydrogen-bond donors (Lipinski definition) is 2. The van der Waals surface area contributed by atoms with Crippen LogP contribution in [0.2, 0.25) is 0 Å². The third kappa shape index (κ3) is 2.30. The van der Waals surface area contributed by atoms with Gasteiger partial charge in [-0.3, -0.25) is 0 Å². The second-order valence-electron chi connectivity index (χ2n) is 4.13. The minimum Gasteiger partial charge on any atom is -0.391 e. The van der Waals surface area contributed by atoms with E-state index in [1.54, 1.807) is 4.52 Å². The number of nitrogens with zero attached hydrogens (tertiary/aromatic N) is 3. The standard InChI is InChI=1S/C11H16N4O/c1-8(2)9(16)7-12-11-13-10-5-3-4-6-15(10)14-11/h3-6,8-9,16H,7H2,1-2H3,(H,12,14). The number of anilines is 1. The number of pyridine rings is 1. The SMILES string of the molecule is CC(C)C(O)CNc1nc2ccccn2n1. The lowest BCUT2D eigenvalue weighted by Crippen LogP contribution is -2.25. The fourth-order valence-corrected chi connectivity index (χ4v) is 1.34. The second-order valence-corrected chi connectivity index (χ2v) is 4.13. The summed E-state index contributed by atoms with van der Waals surface area (Å²) in [6.45, 7) is 4.42. The molecule has 1 unspecified atom stereocenters. The van der Waals surface area contributed by atoms with Crippen LogP contribution in [0.3, 0.4) is 0 Å². The van der Waals surface area contributed by atoms with E-state index >= 15 is 0 Å². The molecule has 5 nitrogen and oxygen atoms in total. The van der Waals surface area contributed by atoms with Crippen LogP contribution in [-0.2, 0) is 0 Å². The quantitative estimate of drug-likeness (QED) is 0.811. The van der Waals surface area contributed by atoms with E-state index in [4.69, 9.17) is 0 Å². The van der Waals surface area contributed by atoms with E-state index in [1.165, 1.54) is 0 Å². The van der Waals surface area contributed by atoms with Gasteiger partial charge in [-0.2, -0.15) is 4.98 Å². The molecule has 0 amide bonds. The Morgan fingerprint density at radius 1 is 1.44 bits per heavy atom. The van der Waals surface area contributed by atoms with Gasteiger partial charge in [0.15, 0.2) is 5.65 Å². The van der Waals surface area contributed by atoms with Gasteiger partial charge in [0.05, 0.1) is 6.10 Å². The molecule has 0 fully saturated rings. The first-order valence-electron chi connectivity index (χ1n) is 5.40. The molecule has 2 aromatic rings. The smallest absolute Gasteiger partial charge is 0.243 e. The summed E-state index contributed by atoms with van der Waals surface area (Å²) >= 11 is 0. The van der Waals surface area contributed by atoms with Gasteiger partial charge in [0.1, 0.15) is 0 Å². The summed E-state index contributed by atoms with van der Waals surface area (Å²) in [6, 6.07) is 5.70. The number of aliphatic hydroxyl groups excluding tert-OH is 1. The van der Waals surface area contributed by atoms with Crippen LogP contribution >= 0.6 is 0 Å². The molecule has 16 heavy (non-hydrogen) atoms. The van der Waals surface area contributed by atoms with Gasteiger partial charge < -0.3 is 10.4 Å². The Kier molecular flexibility index (Phi) is 3.05. The van der Waals surface area contributed by atoms with Crippen molar-refractivity contribution in [2.45, 2.75) is 20.0 Å². The van der Waals surface area contributed by atoms with E-state index in [1.807, 2.05) is 38.2 Å². The molecule has 0 saturated heterocycles. The molecular weight excluding hydrogens is 204 g/mol. The fourth-order valence-electron chi connectivity index (χ4n) is 1.34. The average molecular weight is 220 g/mol. The lowest BCUT2D eigenvalue weighted by molar-refractivity contribution is 0.137. The number of nitrogens with one attached hydrogen (secondary N) is 1. The van der Waals surface area contributed by atoms with Crippen LogP contribution in [0.4, 0.5) is 5.95 Å². The average Bonchev–Trinajstić information content (AvgIpc) is 2.68. The van der Waals surface area contributed by atoms with E-state index in [0.717, 1.165) is 5.65 Å². The van der Waals surface area contributed by atoms with E-state index in [9.17, 15) is 5.11 Å². The zero-order chi connectivity index (χ0) is 11.5. The van der Waals surface area contributed by atoms with Crippen LogP contribution in [0.15, 0.2) is 24.4 Å². The predicted molar refractivity (Wildman–Crippen MR) is 62.3 cm³/mol. The molecule has 86 valence electrons. The van der Waals surface area contributed by atoms with Gasteiger partial charge in [0.25, 0.3) is 0 Å². The van der Waals surface area contributed by atoms with Crippen molar-refractivity contribution in [1.82, 2.24) is 14.6 Å². The second kappa shape index (κ2) is 4.49. The molecule has 0 aliphatic heterocycles. The minimum absolute atomic E-state index is 0.226. The van der Waals surface area contributed by atoms with Crippen LogP contribution in [0.25, 0.3) is 5.65 Å². The molecule has 2 heterocycles. The summed E-state index contributed by atoms with van der Waals surface area (Å²) in [5, 5.41) is 16.9. The van der Waals surface area contributed by atoms with Gasteiger partial charge in [0.2, 0.25) is 5.95 Å². The van der Waals surface area contributed by atoms with E-state index in [2.05, 4.69) is 15.4 Å². The Morgan fingerprint density at radius 2 is 2.25 bits per heavy atom. The molecule has 2 N–H and O–H groups in total. The molecule has 0 aliphatic rings. The number of rotatable bonds is 4. The largest absolute Gasteiger partial charge is 0.391 e. The maximum atomic E-state index is 9.64. The number of aromatic nitrogens is 3. The summed E-state index contributed by atoms with van der Waals surface area (Å²) in [6.07, 6.45) is 1.46. The number of aliphatic hydroxyl groups is 1. The van der Waals surface area contributed by atoms with Crippen molar-refractivity contribution in [3.8, 4) is 0 Å². The van der Waals surface area contributed by atoms with Crippen LogP contribution in [0.5, 0.6) is 0 Å². The molecule has 5 heteroatoms. The number of hydrogen-bond acceptors (Lipinski definition) is 4. The van der Waals surface area contributed by atoms with Crippen molar-refractivity contribution >= 4 is 11.6 Å². The summed E-state index contributed by atoms with van der Waals surface area (Å²) in [5.74, 6) is 0.774. The molecule has 0 bridgehead atoms. The highest BCUT2D eigenvalue weighted by Gasteiger charge is 2.10. The molecule has 2 rings (SSSR count). The molecule has 1 atom stereocenters. The van der Waals surface area contributed by atoms with Gasteiger partial charge in [-0.1, -0.05) is 19.9 Å². The van der Waals surface area contributed by atoms with E-state index < -0.39 is 0 Å². The van der Waals surface area contributed by atoms with Crippen molar-refractivity contribution in [1.29, 1.82) is 0 Å². The predicted octanol–water partition coefficient (Wildman–Crippen LogP) is 1.16. The third-order valence-corrected chi connectivity index (χ3v) is 2.48. The Labute approximate surface area is 94.1 Å². The molecule has 0 spiro atoms. The molecule has 0 radical (unpaired) electrons. The maximum absolute atomic E-state index is 9.64. The Hall–Kier alpha value is -1.62. The molecule has 0 saturated carbocycles. The van der Waals surface area contributed by atoms with Crippen LogP contribution in [-0.4, -0.2) is 32.4 Å². The summed E-state index contributed by atoms with van der Waals surface area (Å²) < 4.78 is 1.70. The monoisotopic (exact) mass is 220 g/mol. The summed E-state index contributed by atoms with van der Waals surface area (Å²) in [4.78, 5) is 4.27. The van der Waals surface area contributed by atoms with Gasteiger partial charge in [-0.05, 0) is 18.1 Å². The Morgan fingerprint density at radius 3 is 2.94 bits per heavy atom. The molecule has 0 aromatic carbocycles. The van der Waals surface area contributed by atoms with Gasteiger partial charge in [-0.25, -0.2) is 4.52 Å². The Balaban J connectivity index is 2.05. The summed E-state index contributed by atoms with van der Waals surface area (Å²) in [5.41, 5.74) is 0.795. The van der Waals surface area contributed by atoms with Gasteiger partial charge in [-0.15, -0.1) is 5.10 Å². The topological polar surface area (TPSA) is 62.5 Å². The highest BCUT2D eigenvalue weighted by Crippen LogP contribution is 2.06. The van der Waals surface area contributed by atoms with Crippen molar-refractivity contribution in [3.05, 3.63) is 24.4 Å². The molecule has 2 aromatic heterocycles. The zero-order valence-electron chi connectivity index (χ0n) is 9.46. The maximum Gasteiger partial charge on any atom is 0.243 e. The lowest BCUT2D eigenvalue weighted by atomic mass is 10.1. The highest BCUT2D eigenvalue weighted by molar-refractivity contribution is 5.42. The minimum atomic E-state index is -0.383. The van der Waals surface area contributed by atoms with Gasteiger partial charge in [0, 0.05) is 12.7 Å². The zero-order valence-corrected chi connectivity index (χ0v) is 9.46. The van der Waals surface area contributed by atoms with Crippen molar-refractivity contribution in [2.24, 2.45) is 5.92 Å². The van der Waals surface area contributed by atoms with Gasteiger partial charge >= 0.3 is 0 Å². The van der Waals surface area contributed by atoms with Crippen LogP contribution < -0.4 is 5.32 Å². The van der Waals surface area contributed by atoms with E-state index in [-0.39, 0.29) is 12.0 Å². The lowest BCUT2D eigenvalue weighted by Gasteiger charge is -2.13. The van der Waals surface area contributed by atoms with Crippen molar-refractivity contribution in [2.75, 3.05) is 11.9 Å². The fraction of sp³-hybridized carbons (Fsp3) is 0.455. The van der Waals surface area contributed by atoms with Crippen LogP contribution in [0.1, 0.15) is 13.8 Å². The molecular formula is C11H16N4O. The van der Waals surface area contributed by atoms with Crippen LogP contribution in [0, 0.1) is 5.92 Å². The first-order chi connectivity index (χ1) is 7.66. The number of fused-ring (bicyclic) bond motifs is 1. The van der Waals surface area contributed by atoms with Crippen molar-refractivity contribution < 1.29 is 5.11 Å². The normalized spacial score (nSPS) is 13.2. The first kappa shape index (κ1) is 10.9. The Bertz CT molecular complexity index is 433. The molecule has 0 aliphatic carbocycles. The van der Waals surface area contributed by atoms with Crippen molar-refractivity contribution in [3.63, 3.8) is 0 Å².